The molecule has 2 aliphatic rings. The summed E-state index contributed by atoms with van der Waals surface area (Å²) in [6.07, 6.45) is 7.32. The van der Waals surface area contributed by atoms with Gasteiger partial charge < -0.3 is 18.9 Å². The van der Waals surface area contributed by atoms with Gasteiger partial charge in [0.2, 0.25) is 0 Å². The highest BCUT2D eigenvalue weighted by molar-refractivity contribution is 6.31. The van der Waals surface area contributed by atoms with Crippen molar-refractivity contribution in [1.82, 2.24) is 19.9 Å². The molecule has 0 fully saturated rings. The van der Waals surface area contributed by atoms with Crippen LogP contribution < -0.4 is 18.9 Å². The van der Waals surface area contributed by atoms with Crippen molar-refractivity contribution in [3.63, 3.8) is 0 Å². The molecule has 0 aliphatic heterocycles. The number of nitrogens with zero attached hydrogens (tertiary/aromatic N) is 4. The molecule has 0 bridgehead atoms. The minimum Gasteiger partial charge on any atom is -0.493 e. The predicted octanol–water partition coefficient (Wildman–Crippen LogP) is 8.76. The Hall–Kier alpha value is -4.66. The summed E-state index contributed by atoms with van der Waals surface area (Å²) in [5, 5.41) is 3.51. The van der Waals surface area contributed by atoms with Crippen LogP contribution in [0, 0.1) is 0 Å². The molecular weight excluding hydrogens is 647 g/mol. The third-order valence-corrected chi connectivity index (χ3v) is 9.86. The molecule has 8 rings (SSSR count). The van der Waals surface area contributed by atoms with E-state index in [-0.39, 0.29) is 11.8 Å². The standard InChI is InChI=1S/2C19H17ClN2O2/c2*1-23-16-8-7-14-17(21-10-22-18(14)19(16)24-2)13-6-4-11-3-5-12(20)9-15(11)13/h2*3,5,7-10,13H,4,6H2,1-2H3/t2*13-/m00/s1. The van der Waals surface area contributed by atoms with E-state index >= 15 is 0 Å². The second-order valence-electron chi connectivity index (χ2n) is 11.8. The van der Waals surface area contributed by atoms with E-state index in [0.717, 1.165) is 68.9 Å². The second-order valence-corrected chi connectivity index (χ2v) is 12.7. The van der Waals surface area contributed by atoms with Gasteiger partial charge in [-0.3, -0.25) is 0 Å². The van der Waals surface area contributed by atoms with Crippen LogP contribution in [0.5, 0.6) is 23.0 Å². The van der Waals surface area contributed by atoms with Gasteiger partial charge >= 0.3 is 0 Å². The monoisotopic (exact) mass is 680 g/mol. The molecule has 8 nitrogen and oxygen atoms in total. The summed E-state index contributed by atoms with van der Waals surface area (Å²) >= 11 is 12.4. The quantitative estimate of drug-likeness (QED) is 0.173. The van der Waals surface area contributed by atoms with Crippen LogP contribution >= 0.6 is 23.2 Å². The largest absolute Gasteiger partial charge is 0.493 e. The Morgan fingerprint density at radius 1 is 0.542 bits per heavy atom. The zero-order valence-electron chi connectivity index (χ0n) is 27.1. The third-order valence-electron chi connectivity index (χ3n) is 9.39. The number of hydrogen-bond donors (Lipinski definition) is 0. The molecule has 244 valence electrons. The van der Waals surface area contributed by atoms with Crippen molar-refractivity contribution in [2.24, 2.45) is 0 Å². The van der Waals surface area contributed by atoms with Gasteiger partial charge in [-0.15, -0.1) is 0 Å². The maximum absolute atomic E-state index is 6.21. The number of benzene rings is 4. The summed E-state index contributed by atoms with van der Waals surface area (Å²) in [7, 11) is 6.51. The van der Waals surface area contributed by atoms with Crippen LogP contribution in [0.2, 0.25) is 10.0 Å². The highest BCUT2D eigenvalue weighted by Gasteiger charge is 2.29. The lowest BCUT2D eigenvalue weighted by Gasteiger charge is -2.16. The van der Waals surface area contributed by atoms with Gasteiger partial charge in [0.05, 0.1) is 39.8 Å². The Morgan fingerprint density at radius 2 is 0.979 bits per heavy atom. The van der Waals surface area contributed by atoms with Crippen molar-refractivity contribution in [1.29, 1.82) is 0 Å². The molecular formula is C38H34Cl2N4O4. The molecule has 2 heterocycles. The zero-order valence-corrected chi connectivity index (χ0v) is 28.6. The van der Waals surface area contributed by atoms with Crippen LogP contribution in [0.1, 0.15) is 58.3 Å². The maximum Gasteiger partial charge on any atom is 0.187 e. The van der Waals surface area contributed by atoms with Gasteiger partial charge in [0.1, 0.15) is 23.7 Å². The molecule has 2 atom stereocenters. The maximum atomic E-state index is 6.21. The van der Waals surface area contributed by atoms with Gasteiger partial charge in [0.15, 0.2) is 23.0 Å². The Kier molecular flexibility index (Phi) is 8.94. The second kappa shape index (κ2) is 13.5. The van der Waals surface area contributed by atoms with Crippen molar-refractivity contribution >= 4 is 45.0 Å². The first kappa shape index (κ1) is 31.9. The Bertz CT molecular complexity index is 2010. The Balaban J connectivity index is 0.000000152. The molecule has 0 N–H and O–H groups in total. The summed E-state index contributed by atoms with van der Waals surface area (Å²) in [4.78, 5) is 18.0. The van der Waals surface area contributed by atoms with Gasteiger partial charge in [0.25, 0.3) is 0 Å². The minimum atomic E-state index is 0.224. The number of aromatic nitrogens is 4. The van der Waals surface area contributed by atoms with Gasteiger partial charge in [-0.25, -0.2) is 19.9 Å². The molecule has 0 radical (unpaired) electrons. The van der Waals surface area contributed by atoms with Crippen molar-refractivity contribution in [3.8, 4) is 23.0 Å². The summed E-state index contributed by atoms with van der Waals surface area (Å²) in [6.45, 7) is 0. The summed E-state index contributed by atoms with van der Waals surface area (Å²) in [6, 6.07) is 20.1. The van der Waals surface area contributed by atoms with Crippen molar-refractivity contribution in [3.05, 3.63) is 117 Å². The Morgan fingerprint density at radius 3 is 1.38 bits per heavy atom. The van der Waals surface area contributed by atoms with E-state index in [1.165, 1.54) is 22.3 Å². The van der Waals surface area contributed by atoms with Crippen LogP contribution in [0.15, 0.2) is 73.3 Å². The van der Waals surface area contributed by atoms with Crippen LogP contribution in [0.4, 0.5) is 0 Å². The first-order valence-corrected chi connectivity index (χ1v) is 16.5. The molecule has 2 aromatic heterocycles. The molecule has 6 aromatic rings. The van der Waals surface area contributed by atoms with Crippen molar-refractivity contribution in [2.75, 3.05) is 28.4 Å². The average Bonchev–Trinajstić information content (AvgIpc) is 3.73. The van der Waals surface area contributed by atoms with Gasteiger partial charge in [0, 0.05) is 32.7 Å². The van der Waals surface area contributed by atoms with Crippen LogP contribution in [0.25, 0.3) is 21.8 Å². The Labute approximate surface area is 289 Å². The molecule has 0 spiro atoms. The smallest absolute Gasteiger partial charge is 0.187 e. The number of methoxy groups -OCH3 is 4. The zero-order chi connectivity index (χ0) is 33.4. The van der Waals surface area contributed by atoms with E-state index in [2.05, 4.69) is 44.2 Å². The molecule has 0 amide bonds. The SMILES string of the molecule is COc1ccc2c([C@H]3CCc4ccc(Cl)cc43)ncnc2c1OC.COc1ccc2c([C@H]3CCc4ccc(Cl)cc43)ncnc2c1OC. The topological polar surface area (TPSA) is 88.5 Å². The van der Waals surface area contributed by atoms with E-state index < -0.39 is 0 Å². The molecule has 2 aliphatic carbocycles. The molecule has 0 saturated heterocycles. The lowest BCUT2D eigenvalue weighted by atomic mass is 9.94. The van der Waals surface area contributed by atoms with Gasteiger partial charge in [-0.05, 0) is 96.5 Å². The molecule has 0 saturated carbocycles. The van der Waals surface area contributed by atoms with E-state index in [9.17, 15) is 0 Å². The first-order chi connectivity index (χ1) is 23.4. The van der Waals surface area contributed by atoms with E-state index in [0.29, 0.717) is 23.0 Å². The summed E-state index contributed by atoms with van der Waals surface area (Å²) in [5.74, 6) is 3.07. The average molecular weight is 682 g/mol. The van der Waals surface area contributed by atoms with Crippen LogP contribution in [-0.2, 0) is 12.8 Å². The van der Waals surface area contributed by atoms with E-state index in [4.69, 9.17) is 42.1 Å². The fraction of sp³-hybridized carbons (Fsp3) is 0.263. The fourth-order valence-electron chi connectivity index (χ4n) is 7.20. The molecule has 48 heavy (non-hydrogen) atoms. The highest BCUT2D eigenvalue weighted by atomic mass is 35.5. The van der Waals surface area contributed by atoms with Crippen LogP contribution in [-0.4, -0.2) is 48.4 Å². The highest BCUT2D eigenvalue weighted by Crippen LogP contribution is 2.44. The van der Waals surface area contributed by atoms with Gasteiger partial charge in [-0.1, -0.05) is 35.3 Å². The molecule has 10 heteroatoms. The van der Waals surface area contributed by atoms with Crippen molar-refractivity contribution < 1.29 is 18.9 Å². The lowest BCUT2D eigenvalue weighted by Crippen LogP contribution is -2.03. The normalized spacial score (nSPS) is 16.2. The number of ether oxygens (including phenoxy) is 4. The van der Waals surface area contributed by atoms with E-state index in [1.54, 1.807) is 41.1 Å². The first-order valence-electron chi connectivity index (χ1n) is 15.7. The number of rotatable bonds is 6. The number of aryl methyl sites for hydroxylation is 2. The number of fused-ring (bicyclic) bond motifs is 4. The minimum absolute atomic E-state index is 0.224. The third kappa shape index (κ3) is 5.63. The summed E-state index contributed by atoms with van der Waals surface area (Å²) in [5.41, 5.74) is 8.79. The number of hydrogen-bond acceptors (Lipinski definition) is 8. The van der Waals surface area contributed by atoms with Gasteiger partial charge in [-0.2, -0.15) is 0 Å². The summed E-state index contributed by atoms with van der Waals surface area (Å²) < 4.78 is 21.8. The van der Waals surface area contributed by atoms with E-state index in [1.807, 2.05) is 36.4 Å². The molecule has 4 aromatic carbocycles. The fourth-order valence-corrected chi connectivity index (χ4v) is 7.56. The predicted molar refractivity (Wildman–Crippen MR) is 189 cm³/mol. The molecule has 0 unspecified atom stereocenters. The number of halogens is 2. The van der Waals surface area contributed by atoms with Crippen LogP contribution in [0.3, 0.4) is 0 Å². The lowest BCUT2D eigenvalue weighted by molar-refractivity contribution is 0.358. The van der Waals surface area contributed by atoms with Crippen molar-refractivity contribution in [2.45, 2.75) is 37.5 Å².